The Balaban J connectivity index is 1.14. The van der Waals surface area contributed by atoms with E-state index in [1.54, 1.807) is 16.0 Å². The summed E-state index contributed by atoms with van der Waals surface area (Å²) in [6.07, 6.45) is 10.7. The van der Waals surface area contributed by atoms with E-state index in [1.807, 2.05) is 0 Å². The van der Waals surface area contributed by atoms with E-state index in [4.69, 9.17) is 0 Å². The molecule has 264 valence electrons. The van der Waals surface area contributed by atoms with Gasteiger partial charge in [-0.2, -0.15) is 0 Å². The van der Waals surface area contributed by atoms with E-state index < -0.39 is 53.9 Å². The topological polar surface area (TPSA) is 226 Å². The number of aromatic nitrogens is 4. The second-order valence-corrected chi connectivity index (χ2v) is 13.2. The van der Waals surface area contributed by atoms with E-state index in [0.29, 0.717) is 63.0 Å². The van der Waals surface area contributed by atoms with Gasteiger partial charge in [-0.1, -0.05) is 0 Å². The Morgan fingerprint density at radius 3 is 1.80 bits per heavy atom. The molecule has 4 aliphatic heterocycles. The van der Waals surface area contributed by atoms with Crippen molar-refractivity contribution in [2.24, 2.45) is 0 Å². The Labute approximate surface area is 283 Å². The highest BCUT2D eigenvalue weighted by atomic mass is 16.4. The average Bonchev–Trinajstić information content (AvgIpc) is 3.95. The molecule has 6 atom stereocenters. The number of aromatic amines is 2. The maximum atomic E-state index is 14.1. The van der Waals surface area contributed by atoms with Crippen LogP contribution in [0.15, 0.2) is 25.0 Å². The number of nitrogens with one attached hydrogen (secondary N) is 5. The zero-order valence-corrected chi connectivity index (χ0v) is 27.3. The van der Waals surface area contributed by atoms with E-state index in [2.05, 4.69) is 35.9 Å². The maximum Gasteiger partial charge on any atom is 0.326 e. The molecule has 6 N–H and O–H groups in total. The van der Waals surface area contributed by atoms with Crippen molar-refractivity contribution < 1.29 is 33.9 Å². The number of imidazole rings is 2. The molecule has 0 bridgehead atoms. The smallest absolute Gasteiger partial charge is 0.326 e. The molecule has 49 heavy (non-hydrogen) atoms. The molecule has 6 heterocycles. The molecule has 4 aliphatic rings. The highest BCUT2D eigenvalue weighted by Gasteiger charge is 2.45. The normalized spacial score (nSPS) is 24.9. The quantitative estimate of drug-likeness (QED) is 0.155. The molecule has 0 radical (unpaired) electrons. The van der Waals surface area contributed by atoms with Crippen molar-refractivity contribution in [3.8, 4) is 0 Å². The number of carboxylic acid groups (broad SMARTS) is 1. The van der Waals surface area contributed by atoms with E-state index in [9.17, 15) is 33.9 Å². The molecule has 0 aliphatic carbocycles. The summed E-state index contributed by atoms with van der Waals surface area (Å²) in [5, 5.41) is 18.4. The van der Waals surface area contributed by atoms with Gasteiger partial charge < -0.3 is 45.7 Å². The fraction of sp³-hybridized carbons (Fsp3) is 0.625. The van der Waals surface area contributed by atoms with Crippen molar-refractivity contribution >= 4 is 35.5 Å². The summed E-state index contributed by atoms with van der Waals surface area (Å²) in [5.74, 6) is -3.12. The van der Waals surface area contributed by atoms with E-state index in [1.165, 1.54) is 23.8 Å². The Hall–Kier alpha value is -4.80. The van der Waals surface area contributed by atoms with Crippen LogP contribution in [0.3, 0.4) is 0 Å². The minimum absolute atomic E-state index is 0.0128. The first-order valence-electron chi connectivity index (χ1n) is 17.1. The zero-order valence-electron chi connectivity index (χ0n) is 27.3. The molecule has 2 aromatic rings. The second kappa shape index (κ2) is 15.2. The van der Waals surface area contributed by atoms with Gasteiger partial charge in [0.1, 0.15) is 30.2 Å². The first kappa shape index (κ1) is 34.1. The van der Waals surface area contributed by atoms with Crippen LogP contribution in [0.4, 0.5) is 0 Å². The fourth-order valence-corrected chi connectivity index (χ4v) is 7.55. The minimum Gasteiger partial charge on any atom is -0.480 e. The molecule has 0 aromatic carbocycles. The summed E-state index contributed by atoms with van der Waals surface area (Å²) in [5.41, 5.74) is 1.12. The van der Waals surface area contributed by atoms with Gasteiger partial charge in [0.2, 0.25) is 29.5 Å². The van der Waals surface area contributed by atoms with Crippen molar-refractivity contribution in [1.29, 1.82) is 0 Å². The summed E-state index contributed by atoms with van der Waals surface area (Å²) >= 11 is 0. The monoisotopic (exact) mass is 680 g/mol. The molecule has 0 unspecified atom stereocenters. The van der Waals surface area contributed by atoms with Gasteiger partial charge in [-0.3, -0.25) is 24.0 Å². The summed E-state index contributed by atoms with van der Waals surface area (Å²) in [6.45, 7) is 1.89. The number of H-pyrrole nitrogens is 2. The highest BCUT2D eigenvalue weighted by Crippen LogP contribution is 2.27. The summed E-state index contributed by atoms with van der Waals surface area (Å²) in [4.78, 5) is 98.8. The summed E-state index contributed by atoms with van der Waals surface area (Å²) in [7, 11) is 0. The van der Waals surface area contributed by atoms with Crippen LogP contribution in [0.1, 0.15) is 62.8 Å². The number of hydrogen-bond acceptors (Lipinski definition) is 9. The Bertz CT molecular complexity index is 1510. The lowest BCUT2D eigenvalue weighted by atomic mass is 10.1. The minimum atomic E-state index is -1.24. The number of likely N-dealkylation sites (tertiary alicyclic amines) is 3. The SMILES string of the molecule is O=C(O)[C@H](Cc1cnc[nH]1)NC(=O)[C@@H]1CCCN1C(=O)[C@H](Cc1cnc[nH]1)NC(=O)[C@@H]1CCCN1C(=O)[C@@H]1CCCN1C(=O)[C@@H]1CCCN1. The van der Waals surface area contributed by atoms with Crippen molar-refractivity contribution in [3.05, 3.63) is 36.4 Å². The third kappa shape index (κ3) is 7.60. The van der Waals surface area contributed by atoms with Gasteiger partial charge in [-0.15, -0.1) is 0 Å². The number of hydrogen-bond donors (Lipinski definition) is 6. The van der Waals surface area contributed by atoms with E-state index in [-0.39, 0.29) is 37.2 Å². The largest absolute Gasteiger partial charge is 0.480 e. The van der Waals surface area contributed by atoms with Crippen LogP contribution in [-0.2, 0) is 41.6 Å². The van der Waals surface area contributed by atoms with Crippen LogP contribution in [0.5, 0.6) is 0 Å². The predicted molar refractivity (Wildman–Crippen MR) is 171 cm³/mol. The number of aliphatic carboxylic acids is 1. The van der Waals surface area contributed by atoms with Crippen LogP contribution in [0.25, 0.3) is 0 Å². The zero-order chi connectivity index (χ0) is 34.5. The van der Waals surface area contributed by atoms with Gasteiger partial charge >= 0.3 is 5.97 Å². The Morgan fingerprint density at radius 1 is 0.714 bits per heavy atom. The number of carbonyl (C=O) groups excluding carboxylic acids is 5. The fourth-order valence-electron chi connectivity index (χ4n) is 7.55. The summed E-state index contributed by atoms with van der Waals surface area (Å²) < 4.78 is 0. The Morgan fingerprint density at radius 2 is 1.24 bits per heavy atom. The number of carbonyl (C=O) groups is 6. The van der Waals surface area contributed by atoms with E-state index in [0.717, 1.165) is 19.4 Å². The molecule has 6 rings (SSSR count). The van der Waals surface area contributed by atoms with Crippen LogP contribution in [0.2, 0.25) is 0 Å². The van der Waals surface area contributed by atoms with Gasteiger partial charge in [0.15, 0.2) is 0 Å². The molecule has 17 nitrogen and oxygen atoms in total. The van der Waals surface area contributed by atoms with Crippen molar-refractivity contribution in [3.63, 3.8) is 0 Å². The maximum absolute atomic E-state index is 14.1. The molecular weight excluding hydrogens is 636 g/mol. The molecule has 0 spiro atoms. The summed E-state index contributed by atoms with van der Waals surface area (Å²) in [6, 6.07) is -4.99. The lowest BCUT2D eigenvalue weighted by molar-refractivity contribution is -0.148. The van der Waals surface area contributed by atoms with Crippen molar-refractivity contribution in [2.75, 3.05) is 26.2 Å². The van der Waals surface area contributed by atoms with Crippen LogP contribution in [0, 0.1) is 0 Å². The van der Waals surface area contributed by atoms with E-state index >= 15 is 0 Å². The van der Waals surface area contributed by atoms with Crippen molar-refractivity contribution in [1.82, 2.24) is 50.6 Å². The van der Waals surface area contributed by atoms with Gasteiger partial charge in [0.25, 0.3) is 0 Å². The molecule has 17 heteroatoms. The van der Waals surface area contributed by atoms with Gasteiger partial charge in [0.05, 0.1) is 18.7 Å². The number of carboxylic acids is 1. The average molecular weight is 681 g/mol. The lowest BCUT2D eigenvalue weighted by Crippen LogP contribution is -2.59. The third-order valence-electron chi connectivity index (χ3n) is 10.0. The third-order valence-corrected chi connectivity index (χ3v) is 10.0. The number of rotatable bonds is 12. The molecular formula is C32H44N10O7. The van der Waals surface area contributed by atoms with Gasteiger partial charge in [-0.05, 0) is 57.9 Å². The lowest BCUT2D eigenvalue weighted by Gasteiger charge is -2.33. The highest BCUT2D eigenvalue weighted by molar-refractivity contribution is 5.97. The number of nitrogens with zero attached hydrogens (tertiary/aromatic N) is 5. The Kier molecular flexibility index (Phi) is 10.6. The van der Waals surface area contributed by atoms with Gasteiger partial charge in [0, 0.05) is 56.3 Å². The van der Waals surface area contributed by atoms with Crippen molar-refractivity contribution in [2.45, 2.75) is 100 Å². The van der Waals surface area contributed by atoms with Crippen LogP contribution >= 0.6 is 0 Å². The molecule has 4 fully saturated rings. The molecule has 4 saturated heterocycles. The van der Waals surface area contributed by atoms with Gasteiger partial charge in [-0.25, -0.2) is 14.8 Å². The first-order valence-corrected chi connectivity index (χ1v) is 17.1. The second-order valence-electron chi connectivity index (χ2n) is 13.2. The predicted octanol–water partition coefficient (Wildman–Crippen LogP) is -1.30. The molecule has 2 aromatic heterocycles. The molecule has 0 saturated carbocycles. The first-order chi connectivity index (χ1) is 23.7. The van der Waals surface area contributed by atoms with Crippen LogP contribution < -0.4 is 16.0 Å². The number of amides is 5. The standard InChI is InChI=1S/C32H44N10O7/c43-27(25-7-3-11-41(25)31(47)26-8-4-12-42(26)29(45)21-5-1-9-35-21)38-22(13-19-15-33-17-36-19)30(46)40-10-2-6-24(40)28(44)39-23(32(48)49)14-20-16-34-18-37-20/h15-18,21-26,35H,1-14H2,(H,33,36)(H,34,37)(H,38,43)(H,39,44)(H,48,49)/t21-,22-,23-,24-,25-,26-/m0/s1. The van der Waals surface area contributed by atoms with Crippen LogP contribution in [-0.4, -0.2) is 138 Å². The molecule has 5 amide bonds.